The standard InChI is InChI=1S/C19H25FN4O2S/c1-19(5-8-27(25,26)14-19)24-13-15(10-22-24)12-23-7-6-21-11-18(23)16-3-2-4-17(20)9-16/h2-4,9-10,13,18,21H,5-8,11-12,14H2,1H3. The Bertz CT molecular complexity index is 929. The second-order valence-electron chi connectivity index (χ2n) is 7.88. The highest BCUT2D eigenvalue weighted by Gasteiger charge is 2.40. The quantitative estimate of drug-likeness (QED) is 0.858. The predicted octanol–water partition coefficient (Wildman–Crippen LogP) is 1.70. The van der Waals surface area contributed by atoms with E-state index in [-0.39, 0.29) is 23.4 Å². The molecule has 0 bridgehead atoms. The van der Waals surface area contributed by atoms with Gasteiger partial charge in [0.05, 0.1) is 23.2 Å². The van der Waals surface area contributed by atoms with Crippen LogP contribution in [0.25, 0.3) is 0 Å². The van der Waals surface area contributed by atoms with Gasteiger partial charge in [-0.1, -0.05) is 12.1 Å². The minimum atomic E-state index is -2.98. The Hall–Kier alpha value is -1.77. The molecule has 2 aliphatic rings. The summed E-state index contributed by atoms with van der Waals surface area (Å²) in [5.41, 5.74) is 1.54. The highest BCUT2D eigenvalue weighted by atomic mass is 32.2. The van der Waals surface area contributed by atoms with Crippen LogP contribution in [0, 0.1) is 5.82 Å². The number of piperazine rings is 1. The molecular formula is C19H25FN4O2S. The molecule has 2 atom stereocenters. The number of rotatable bonds is 4. The number of nitrogens with zero attached hydrogens (tertiary/aromatic N) is 3. The lowest BCUT2D eigenvalue weighted by atomic mass is 10.0. The Kier molecular flexibility index (Phi) is 4.82. The van der Waals surface area contributed by atoms with E-state index in [0.29, 0.717) is 13.0 Å². The fraction of sp³-hybridized carbons (Fsp3) is 0.526. The zero-order valence-electron chi connectivity index (χ0n) is 15.4. The van der Waals surface area contributed by atoms with E-state index in [4.69, 9.17) is 0 Å². The van der Waals surface area contributed by atoms with E-state index in [1.807, 2.05) is 30.1 Å². The minimum Gasteiger partial charge on any atom is -0.314 e. The van der Waals surface area contributed by atoms with Crippen molar-refractivity contribution in [1.29, 1.82) is 0 Å². The van der Waals surface area contributed by atoms with Gasteiger partial charge in [-0.3, -0.25) is 9.58 Å². The van der Waals surface area contributed by atoms with Crippen molar-refractivity contribution in [2.75, 3.05) is 31.1 Å². The van der Waals surface area contributed by atoms with E-state index < -0.39 is 15.4 Å². The van der Waals surface area contributed by atoms with Crippen LogP contribution in [0.1, 0.15) is 30.5 Å². The van der Waals surface area contributed by atoms with Gasteiger partial charge >= 0.3 is 0 Å². The van der Waals surface area contributed by atoms with Crippen LogP contribution in [0.15, 0.2) is 36.7 Å². The zero-order valence-corrected chi connectivity index (χ0v) is 16.3. The van der Waals surface area contributed by atoms with Gasteiger partial charge in [0, 0.05) is 44.0 Å². The Morgan fingerprint density at radius 2 is 2.26 bits per heavy atom. The molecule has 2 fully saturated rings. The van der Waals surface area contributed by atoms with Gasteiger partial charge in [0.15, 0.2) is 9.84 Å². The summed E-state index contributed by atoms with van der Waals surface area (Å²) in [6, 6.07) is 6.86. The van der Waals surface area contributed by atoms with Crippen molar-refractivity contribution in [3.8, 4) is 0 Å². The number of hydrogen-bond acceptors (Lipinski definition) is 5. The maximum Gasteiger partial charge on any atom is 0.152 e. The average Bonchev–Trinajstić information content (AvgIpc) is 3.20. The van der Waals surface area contributed by atoms with E-state index in [1.54, 1.807) is 12.1 Å². The molecular weight excluding hydrogens is 367 g/mol. The third kappa shape index (κ3) is 3.93. The molecule has 2 unspecified atom stereocenters. The molecule has 0 amide bonds. The minimum absolute atomic E-state index is 0.0974. The first-order valence-corrected chi connectivity index (χ1v) is 11.1. The van der Waals surface area contributed by atoms with Crippen molar-refractivity contribution in [3.63, 3.8) is 0 Å². The number of aromatic nitrogens is 2. The lowest BCUT2D eigenvalue weighted by Crippen LogP contribution is -2.45. The second kappa shape index (κ2) is 7.00. The van der Waals surface area contributed by atoms with Crippen LogP contribution in [0.2, 0.25) is 0 Å². The summed E-state index contributed by atoms with van der Waals surface area (Å²) in [5.74, 6) is 0.139. The van der Waals surface area contributed by atoms with E-state index in [1.165, 1.54) is 6.07 Å². The normalized spacial score (nSPS) is 28.4. The van der Waals surface area contributed by atoms with Gasteiger partial charge in [-0.15, -0.1) is 0 Å². The fourth-order valence-corrected chi connectivity index (χ4v) is 6.24. The Morgan fingerprint density at radius 3 is 3.00 bits per heavy atom. The van der Waals surface area contributed by atoms with Gasteiger partial charge in [0.1, 0.15) is 5.82 Å². The van der Waals surface area contributed by atoms with Crippen LogP contribution < -0.4 is 5.32 Å². The molecule has 4 rings (SSSR count). The molecule has 27 heavy (non-hydrogen) atoms. The van der Waals surface area contributed by atoms with Gasteiger partial charge in [-0.2, -0.15) is 5.10 Å². The van der Waals surface area contributed by atoms with Crippen molar-refractivity contribution < 1.29 is 12.8 Å². The van der Waals surface area contributed by atoms with Crippen LogP contribution in [-0.2, 0) is 21.9 Å². The van der Waals surface area contributed by atoms with E-state index in [9.17, 15) is 12.8 Å². The van der Waals surface area contributed by atoms with Crippen molar-refractivity contribution >= 4 is 9.84 Å². The summed E-state index contributed by atoms with van der Waals surface area (Å²) in [6.45, 7) is 5.17. The molecule has 2 aromatic rings. The van der Waals surface area contributed by atoms with Crippen LogP contribution in [0.4, 0.5) is 4.39 Å². The monoisotopic (exact) mass is 392 g/mol. The number of halogens is 1. The maximum absolute atomic E-state index is 13.7. The lowest BCUT2D eigenvalue weighted by molar-refractivity contribution is 0.153. The SMILES string of the molecule is CC1(n2cc(CN3CCNCC3c3cccc(F)c3)cn2)CCS(=O)(=O)C1. The molecule has 6 nitrogen and oxygen atoms in total. The van der Waals surface area contributed by atoms with Gasteiger partial charge in [-0.25, -0.2) is 12.8 Å². The van der Waals surface area contributed by atoms with Gasteiger partial charge in [-0.05, 0) is 31.0 Å². The molecule has 2 saturated heterocycles. The van der Waals surface area contributed by atoms with Gasteiger partial charge in [0.2, 0.25) is 0 Å². The molecule has 146 valence electrons. The Morgan fingerprint density at radius 1 is 1.41 bits per heavy atom. The molecule has 1 N–H and O–H groups in total. The molecule has 0 aliphatic carbocycles. The molecule has 2 aliphatic heterocycles. The third-order valence-electron chi connectivity index (χ3n) is 5.65. The van der Waals surface area contributed by atoms with Crippen LogP contribution in [-0.4, -0.2) is 54.2 Å². The molecule has 0 spiro atoms. The van der Waals surface area contributed by atoms with Crippen LogP contribution in [0.3, 0.4) is 0 Å². The molecule has 3 heterocycles. The number of nitrogens with one attached hydrogen (secondary N) is 1. The first-order chi connectivity index (χ1) is 12.8. The van der Waals surface area contributed by atoms with Crippen LogP contribution >= 0.6 is 0 Å². The summed E-state index contributed by atoms with van der Waals surface area (Å²) in [4.78, 5) is 2.32. The average molecular weight is 393 g/mol. The van der Waals surface area contributed by atoms with E-state index in [0.717, 1.165) is 30.8 Å². The molecule has 1 aromatic carbocycles. The third-order valence-corrected chi connectivity index (χ3v) is 7.53. The first kappa shape index (κ1) is 18.6. The van der Waals surface area contributed by atoms with Crippen molar-refractivity contribution in [3.05, 3.63) is 53.6 Å². The molecule has 0 radical (unpaired) electrons. The summed E-state index contributed by atoms with van der Waals surface area (Å²) in [7, 11) is -2.98. The first-order valence-electron chi connectivity index (χ1n) is 9.29. The Labute approximate surface area is 159 Å². The van der Waals surface area contributed by atoms with E-state index in [2.05, 4.69) is 15.3 Å². The predicted molar refractivity (Wildman–Crippen MR) is 102 cm³/mol. The highest BCUT2D eigenvalue weighted by molar-refractivity contribution is 7.91. The topological polar surface area (TPSA) is 67.2 Å². The molecule has 0 saturated carbocycles. The van der Waals surface area contributed by atoms with Gasteiger partial charge < -0.3 is 5.32 Å². The summed E-state index contributed by atoms with van der Waals surface area (Å²) in [6.07, 6.45) is 4.38. The summed E-state index contributed by atoms with van der Waals surface area (Å²) < 4.78 is 39.2. The van der Waals surface area contributed by atoms with Crippen molar-refractivity contribution in [2.45, 2.75) is 31.5 Å². The van der Waals surface area contributed by atoms with E-state index >= 15 is 0 Å². The highest BCUT2D eigenvalue weighted by Crippen LogP contribution is 2.31. The zero-order chi connectivity index (χ0) is 19.1. The maximum atomic E-state index is 13.7. The summed E-state index contributed by atoms with van der Waals surface area (Å²) >= 11 is 0. The number of hydrogen-bond donors (Lipinski definition) is 1. The van der Waals surface area contributed by atoms with Gasteiger partial charge in [0.25, 0.3) is 0 Å². The number of benzene rings is 1. The lowest BCUT2D eigenvalue weighted by Gasteiger charge is -2.36. The smallest absolute Gasteiger partial charge is 0.152 e. The Balaban J connectivity index is 1.52. The van der Waals surface area contributed by atoms with Crippen molar-refractivity contribution in [2.24, 2.45) is 0 Å². The fourth-order valence-electron chi connectivity index (χ4n) is 4.12. The summed E-state index contributed by atoms with van der Waals surface area (Å²) in [5, 5.41) is 7.84. The number of sulfone groups is 1. The van der Waals surface area contributed by atoms with Crippen molar-refractivity contribution in [1.82, 2.24) is 20.0 Å². The second-order valence-corrected chi connectivity index (χ2v) is 10.1. The largest absolute Gasteiger partial charge is 0.314 e. The molecule has 8 heteroatoms. The van der Waals surface area contributed by atoms with Crippen LogP contribution in [0.5, 0.6) is 0 Å². The molecule has 1 aromatic heterocycles.